The number of anilines is 1. The van der Waals surface area contributed by atoms with E-state index in [0.717, 1.165) is 6.07 Å². The Morgan fingerprint density at radius 3 is 2.50 bits per heavy atom. The van der Waals surface area contributed by atoms with Gasteiger partial charge in [0, 0.05) is 29.8 Å². The number of hydrogen-bond acceptors (Lipinski definition) is 6. The molecule has 0 saturated carbocycles. The fourth-order valence-electron chi connectivity index (χ4n) is 1.96. The van der Waals surface area contributed by atoms with Crippen molar-refractivity contribution in [2.75, 3.05) is 5.32 Å². The summed E-state index contributed by atoms with van der Waals surface area (Å²) in [6, 6.07) is 8.82. The Balaban J connectivity index is 2.07. The van der Waals surface area contributed by atoms with Crippen LogP contribution < -0.4 is 10.7 Å². The molecule has 0 aliphatic carbocycles. The van der Waals surface area contributed by atoms with Crippen molar-refractivity contribution in [2.45, 2.75) is 6.92 Å². The van der Waals surface area contributed by atoms with Gasteiger partial charge in [0.1, 0.15) is 0 Å². The Kier molecular flexibility index (Phi) is 6.22. The summed E-state index contributed by atoms with van der Waals surface area (Å²) in [5.41, 5.74) is 3.08. The fourth-order valence-corrected chi connectivity index (χ4v) is 2.59. The van der Waals surface area contributed by atoms with Crippen molar-refractivity contribution < 1.29 is 19.6 Å². The predicted molar refractivity (Wildman–Crippen MR) is 103 cm³/mol. The molecule has 3 N–H and O–H groups in total. The standard InChI is InChI=1S/C16H13IN4O5/c1-9(22)19-12-4-2-11(3-5-12)16(24)20-18-8-10-6-13(17)15(23)14(7-10)21(25)26/h2-8,23H,1H3,(H,19,22)(H,20,24)/b18-8+. The van der Waals surface area contributed by atoms with Gasteiger partial charge in [-0.05, 0) is 52.9 Å². The molecule has 0 heterocycles. The van der Waals surface area contributed by atoms with Crippen LogP contribution in [0.3, 0.4) is 0 Å². The van der Waals surface area contributed by atoms with Crippen molar-refractivity contribution in [3.63, 3.8) is 0 Å². The van der Waals surface area contributed by atoms with Gasteiger partial charge in [0.05, 0.1) is 14.7 Å². The van der Waals surface area contributed by atoms with E-state index in [1.54, 1.807) is 34.7 Å². The summed E-state index contributed by atoms with van der Waals surface area (Å²) in [7, 11) is 0. The van der Waals surface area contributed by atoms with Gasteiger partial charge in [0.25, 0.3) is 5.91 Å². The van der Waals surface area contributed by atoms with Gasteiger partial charge in [0.2, 0.25) is 11.7 Å². The average Bonchev–Trinajstić information content (AvgIpc) is 2.57. The van der Waals surface area contributed by atoms with Crippen molar-refractivity contribution in [1.29, 1.82) is 0 Å². The van der Waals surface area contributed by atoms with E-state index >= 15 is 0 Å². The highest BCUT2D eigenvalue weighted by atomic mass is 127. The topological polar surface area (TPSA) is 134 Å². The highest BCUT2D eigenvalue weighted by Gasteiger charge is 2.17. The first-order chi connectivity index (χ1) is 12.3. The van der Waals surface area contributed by atoms with E-state index in [1.165, 1.54) is 31.3 Å². The first-order valence-corrected chi connectivity index (χ1v) is 8.23. The van der Waals surface area contributed by atoms with Crippen LogP contribution in [-0.4, -0.2) is 28.1 Å². The molecule has 9 nitrogen and oxygen atoms in total. The molecule has 10 heteroatoms. The molecule has 0 aliphatic rings. The molecular weight excluding hydrogens is 455 g/mol. The molecule has 0 saturated heterocycles. The molecule has 0 aromatic heterocycles. The smallest absolute Gasteiger partial charge is 0.312 e. The second kappa shape index (κ2) is 8.38. The van der Waals surface area contributed by atoms with E-state index in [4.69, 9.17) is 0 Å². The van der Waals surface area contributed by atoms with Crippen LogP contribution in [0.4, 0.5) is 11.4 Å². The first-order valence-electron chi connectivity index (χ1n) is 7.16. The molecule has 0 bridgehead atoms. The Bertz CT molecular complexity index is 896. The number of phenolic OH excluding ortho intramolecular Hbond substituents is 1. The SMILES string of the molecule is CC(=O)Nc1ccc(C(=O)N/N=C/c2cc(I)c(O)c([N+](=O)[O-])c2)cc1. The molecule has 0 atom stereocenters. The van der Waals surface area contributed by atoms with Gasteiger partial charge in [0.15, 0.2) is 0 Å². The molecule has 2 aromatic rings. The number of halogens is 1. The first kappa shape index (κ1) is 19.3. The maximum absolute atomic E-state index is 12.0. The minimum Gasteiger partial charge on any atom is -0.501 e. The largest absolute Gasteiger partial charge is 0.501 e. The molecule has 0 radical (unpaired) electrons. The van der Waals surface area contributed by atoms with Crippen LogP contribution in [-0.2, 0) is 4.79 Å². The lowest BCUT2D eigenvalue weighted by molar-refractivity contribution is -0.386. The summed E-state index contributed by atoms with van der Waals surface area (Å²) in [6.07, 6.45) is 1.23. The number of nitrogens with one attached hydrogen (secondary N) is 2. The highest BCUT2D eigenvalue weighted by molar-refractivity contribution is 14.1. The summed E-state index contributed by atoms with van der Waals surface area (Å²) in [5.74, 6) is -1.13. The van der Waals surface area contributed by atoms with Gasteiger partial charge >= 0.3 is 5.69 Å². The van der Waals surface area contributed by atoms with Crippen LogP contribution >= 0.6 is 22.6 Å². The zero-order valence-electron chi connectivity index (χ0n) is 13.4. The van der Waals surface area contributed by atoms with Crippen molar-refractivity contribution in [3.05, 3.63) is 61.2 Å². The van der Waals surface area contributed by atoms with Crippen molar-refractivity contribution in [2.24, 2.45) is 5.10 Å². The average molecular weight is 468 g/mol. The molecule has 134 valence electrons. The fraction of sp³-hybridized carbons (Fsp3) is 0.0625. The van der Waals surface area contributed by atoms with Gasteiger partial charge in [-0.1, -0.05) is 0 Å². The Morgan fingerprint density at radius 2 is 1.92 bits per heavy atom. The molecule has 0 fully saturated rings. The van der Waals surface area contributed by atoms with Gasteiger partial charge in [-0.3, -0.25) is 19.7 Å². The van der Waals surface area contributed by atoms with Crippen molar-refractivity contribution in [1.82, 2.24) is 5.43 Å². The van der Waals surface area contributed by atoms with Gasteiger partial charge in [-0.2, -0.15) is 5.10 Å². The number of benzene rings is 2. The summed E-state index contributed by atoms with van der Waals surface area (Å²) in [6.45, 7) is 1.38. The number of nitro benzene ring substituents is 1. The number of hydrogen-bond donors (Lipinski definition) is 3. The number of nitrogens with zero attached hydrogens (tertiary/aromatic N) is 2. The molecule has 0 spiro atoms. The minimum absolute atomic E-state index is 0.218. The normalized spacial score (nSPS) is 10.5. The Hall–Kier alpha value is -3.02. The molecule has 26 heavy (non-hydrogen) atoms. The molecule has 0 unspecified atom stereocenters. The van der Waals surface area contributed by atoms with E-state index in [-0.39, 0.29) is 9.48 Å². The summed E-state index contributed by atoms with van der Waals surface area (Å²) < 4.78 is 0.290. The maximum Gasteiger partial charge on any atom is 0.312 e. The number of phenols is 1. The van der Waals surface area contributed by atoms with Gasteiger partial charge in [-0.15, -0.1) is 0 Å². The van der Waals surface area contributed by atoms with Gasteiger partial charge in [-0.25, -0.2) is 5.43 Å². The molecule has 2 aromatic carbocycles. The van der Waals surface area contributed by atoms with Gasteiger partial charge < -0.3 is 10.4 Å². The lowest BCUT2D eigenvalue weighted by Crippen LogP contribution is -2.17. The zero-order valence-corrected chi connectivity index (χ0v) is 15.6. The number of nitro groups is 1. The summed E-state index contributed by atoms with van der Waals surface area (Å²) >= 11 is 1.76. The van der Waals surface area contributed by atoms with E-state index in [9.17, 15) is 24.8 Å². The monoisotopic (exact) mass is 468 g/mol. The number of carbonyl (C=O) groups is 2. The van der Waals surface area contributed by atoms with Crippen molar-refractivity contribution >= 4 is 52.0 Å². The number of hydrazone groups is 1. The quantitative estimate of drug-likeness (QED) is 0.269. The van der Waals surface area contributed by atoms with Crippen LogP contribution in [0.15, 0.2) is 41.5 Å². The summed E-state index contributed by atoms with van der Waals surface area (Å²) in [4.78, 5) is 33.1. The second-order valence-corrected chi connectivity index (χ2v) is 6.25. The second-order valence-electron chi connectivity index (χ2n) is 5.09. The maximum atomic E-state index is 12.0. The van der Waals surface area contributed by atoms with Crippen LogP contribution in [0, 0.1) is 13.7 Å². The zero-order chi connectivity index (χ0) is 19.3. The third-order valence-electron chi connectivity index (χ3n) is 3.11. The molecule has 2 rings (SSSR count). The lowest BCUT2D eigenvalue weighted by Gasteiger charge is -2.04. The van der Waals surface area contributed by atoms with E-state index in [0.29, 0.717) is 16.8 Å². The third-order valence-corrected chi connectivity index (χ3v) is 3.93. The number of amides is 2. The highest BCUT2D eigenvalue weighted by Crippen LogP contribution is 2.31. The number of aromatic hydroxyl groups is 1. The predicted octanol–water partition coefficient (Wildman–Crippen LogP) is 2.63. The number of carbonyl (C=O) groups excluding carboxylic acids is 2. The minimum atomic E-state index is -0.704. The molecular formula is C16H13IN4O5. The Morgan fingerprint density at radius 1 is 1.27 bits per heavy atom. The molecule has 2 amide bonds. The van der Waals surface area contributed by atoms with Crippen molar-refractivity contribution in [3.8, 4) is 5.75 Å². The van der Waals surface area contributed by atoms with Crippen LogP contribution in [0.5, 0.6) is 5.75 Å². The Labute approximate surface area is 161 Å². The van der Waals surface area contributed by atoms with Crippen LogP contribution in [0.1, 0.15) is 22.8 Å². The van der Waals surface area contributed by atoms with Crippen LogP contribution in [0.25, 0.3) is 0 Å². The van der Waals surface area contributed by atoms with E-state index < -0.39 is 22.3 Å². The molecule has 0 aliphatic heterocycles. The van der Waals surface area contributed by atoms with E-state index in [2.05, 4.69) is 15.8 Å². The lowest BCUT2D eigenvalue weighted by atomic mass is 10.2. The van der Waals surface area contributed by atoms with Crippen LogP contribution in [0.2, 0.25) is 0 Å². The van der Waals surface area contributed by atoms with E-state index in [1.807, 2.05) is 0 Å². The number of rotatable bonds is 5. The summed E-state index contributed by atoms with van der Waals surface area (Å²) in [5, 5.41) is 26.9. The third kappa shape index (κ3) is 4.99.